The SMILES string of the molecule is C=CC(CCCC)CCC(CCC(C)c1ccc(-c2ccnc(-c3cc(C(F)(F)F)n[n-]3)c2)cc1)c1ccccc1.Fc1c[c-]c(-n2cccn2)c(F)c1.[Ir]. The minimum absolute atomic E-state index is 0. The van der Waals surface area contributed by atoms with Crippen LogP contribution in [0.15, 0.2) is 122 Å². The molecule has 6 rings (SSSR count). The van der Waals surface area contributed by atoms with Crippen LogP contribution in [0, 0.1) is 23.6 Å². The second-order valence-electron chi connectivity index (χ2n) is 13.4. The number of allylic oxidation sites excluding steroid dienone is 1. The number of halogens is 5. The fraction of sp³-hybridized carbons (Fsp3) is 0.295. The van der Waals surface area contributed by atoms with Gasteiger partial charge in [-0.1, -0.05) is 93.1 Å². The fourth-order valence-electron chi connectivity index (χ4n) is 6.41. The first-order chi connectivity index (χ1) is 26.0. The van der Waals surface area contributed by atoms with Crippen molar-refractivity contribution in [3.05, 3.63) is 157 Å². The van der Waals surface area contributed by atoms with E-state index >= 15 is 0 Å². The fourth-order valence-corrected chi connectivity index (χ4v) is 6.41. The Bertz CT molecular complexity index is 2030. The van der Waals surface area contributed by atoms with Gasteiger partial charge < -0.3 is 10.2 Å². The zero-order chi connectivity index (χ0) is 38.5. The predicted octanol–water partition coefficient (Wildman–Crippen LogP) is 12.2. The topological polar surface area (TPSA) is 57.7 Å². The molecule has 0 fully saturated rings. The maximum atomic E-state index is 13.1. The summed E-state index contributed by atoms with van der Waals surface area (Å²) in [5.74, 6) is 0.183. The Morgan fingerprint density at radius 2 is 1.60 bits per heavy atom. The van der Waals surface area contributed by atoms with E-state index in [0.29, 0.717) is 23.4 Å². The van der Waals surface area contributed by atoms with Gasteiger partial charge in [-0.25, -0.2) is 0 Å². The molecule has 5 nitrogen and oxygen atoms in total. The van der Waals surface area contributed by atoms with E-state index < -0.39 is 23.5 Å². The molecule has 0 spiro atoms. The smallest absolute Gasteiger partial charge is 0.431 e. The van der Waals surface area contributed by atoms with Gasteiger partial charge in [-0.2, -0.15) is 24.3 Å². The Morgan fingerprint density at radius 3 is 2.24 bits per heavy atom. The van der Waals surface area contributed by atoms with E-state index in [-0.39, 0.29) is 31.5 Å². The van der Waals surface area contributed by atoms with Gasteiger partial charge in [-0.05, 0) is 102 Å². The zero-order valence-electron chi connectivity index (χ0n) is 30.8. The van der Waals surface area contributed by atoms with Crippen LogP contribution in [0.5, 0.6) is 0 Å². The van der Waals surface area contributed by atoms with Crippen LogP contribution in [0.3, 0.4) is 0 Å². The third-order valence-electron chi connectivity index (χ3n) is 9.60. The molecule has 0 aliphatic rings. The number of aromatic nitrogens is 5. The molecule has 3 aromatic heterocycles. The number of nitrogens with zero attached hydrogens (tertiary/aromatic N) is 5. The number of pyridine rings is 1. The van der Waals surface area contributed by atoms with Crippen molar-refractivity contribution in [3.63, 3.8) is 0 Å². The molecule has 291 valence electrons. The molecule has 0 aliphatic heterocycles. The Balaban J connectivity index is 0.000000403. The average molecular weight is 930 g/mol. The van der Waals surface area contributed by atoms with Crippen molar-refractivity contribution >= 4 is 0 Å². The summed E-state index contributed by atoms with van der Waals surface area (Å²) in [5, 5.41) is 10.7. The standard InChI is InChI=1S/C35H39F3N3.C9H5F2N2.Ir/c1-4-6-10-26(5-2)14-16-29(28-11-8-7-9-12-28)15-13-25(3)27-17-19-30(20-18-27)31-21-22-39-32(23-31)33-24-34(41-40-33)35(36,37)38;10-7-2-3-9(8(11)6-7)13-5-1-4-12-13;/h5,7-9,11-12,17-26,29H,2,4,6,10,13-16H2,1,3H3;1-2,4-6H;/q2*-1;. The van der Waals surface area contributed by atoms with Crippen molar-refractivity contribution in [2.24, 2.45) is 5.92 Å². The van der Waals surface area contributed by atoms with Crippen LogP contribution < -0.4 is 5.10 Å². The van der Waals surface area contributed by atoms with Gasteiger partial charge in [-0.3, -0.25) is 18.4 Å². The normalized spacial score (nSPS) is 12.9. The van der Waals surface area contributed by atoms with Crippen molar-refractivity contribution in [3.8, 4) is 28.2 Å². The second kappa shape index (κ2) is 20.8. The second-order valence-corrected chi connectivity index (χ2v) is 13.4. The Morgan fingerprint density at radius 1 is 0.855 bits per heavy atom. The van der Waals surface area contributed by atoms with Gasteiger partial charge >= 0.3 is 6.18 Å². The summed E-state index contributed by atoms with van der Waals surface area (Å²) in [4.78, 5) is 4.21. The van der Waals surface area contributed by atoms with Crippen molar-refractivity contribution < 1.29 is 42.1 Å². The zero-order valence-corrected chi connectivity index (χ0v) is 33.2. The van der Waals surface area contributed by atoms with E-state index in [2.05, 4.69) is 107 Å². The molecule has 55 heavy (non-hydrogen) atoms. The Labute approximate surface area is 333 Å². The summed E-state index contributed by atoms with van der Waals surface area (Å²) in [6.07, 6.45) is 10.5. The van der Waals surface area contributed by atoms with E-state index in [0.717, 1.165) is 42.2 Å². The minimum atomic E-state index is -4.53. The molecule has 0 saturated heterocycles. The van der Waals surface area contributed by atoms with E-state index in [4.69, 9.17) is 0 Å². The predicted molar refractivity (Wildman–Crippen MR) is 203 cm³/mol. The summed E-state index contributed by atoms with van der Waals surface area (Å²) in [7, 11) is 0. The number of unbranched alkanes of at least 4 members (excludes halogenated alkanes) is 1. The first kappa shape index (κ1) is 43.0. The summed E-state index contributed by atoms with van der Waals surface area (Å²) >= 11 is 0. The molecular weight excluding hydrogens is 886 g/mol. The van der Waals surface area contributed by atoms with E-state index in [1.165, 1.54) is 54.1 Å². The molecule has 0 saturated carbocycles. The molecule has 1 radical (unpaired) electrons. The first-order valence-electron chi connectivity index (χ1n) is 18.2. The summed E-state index contributed by atoms with van der Waals surface area (Å²) in [6.45, 7) is 8.61. The van der Waals surface area contributed by atoms with Crippen LogP contribution in [0.2, 0.25) is 0 Å². The van der Waals surface area contributed by atoms with Crippen LogP contribution in [0.1, 0.15) is 87.4 Å². The quantitative estimate of drug-likeness (QED) is 0.0585. The molecular formula is C44H44F5IrN5-2. The number of hydrogen-bond donors (Lipinski definition) is 0. The van der Waals surface area contributed by atoms with Gasteiger partial charge in [0, 0.05) is 56.0 Å². The van der Waals surface area contributed by atoms with Gasteiger partial charge in [0.2, 0.25) is 0 Å². The van der Waals surface area contributed by atoms with Crippen LogP contribution in [-0.2, 0) is 26.3 Å². The van der Waals surface area contributed by atoms with Crippen molar-refractivity contribution in [2.45, 2.75) is 76.8 Å². The maximum absolute atomic E-state index is 13.1. The molecule has 6 aromatic rings. The average Bonchev–Trinajstić information content (AvgIpc) is 3.91. The van der Waals surface area contributed by atoms with Gasteiger partial charge in [-0.15, -0.1) is 18.7 Å². The van der Waals surface area contributed by atoms with E-state index in [1.54, 1.807) is 24.5 Å². The van der Waals surface area contributed by atoms with Gasteiger partial charge in [0.1, 0.15) is 5.69 Å². The molecule has 11 heteroatoms. The molecule has 3 unspecified atom stereocenters. The largest absolute Gasteiger partial charge is 0.573 e. The van der Waals surface area contributed by atoms with Crippen LogP contribution in [0.25, 0.3) is 28.2 Å². The third kappa shape index (κ3) is 12.4. The van der Waals surface area contributed by atoms with Crippen LogP contribution in [0.4, 0.5) is 22.0 Å². The van der Waals surface area contributed by atoms with Crippen LogP contribution >= 0.6 is 0 Å². The number of alkyl halides is 3. The van der Waals surface area contributed by atoms with Gasteiger partial charge in [0.05, 0.1) is 0 Å². The molecule has 0 amide bonds. The molecule has 3 heterocycles. The Hall–Kier alpha value is -4.73. The van der Waals surface area contributed by atoms with E-state index in [9.17, 15) is 22.0 Å². The van der Waals surface area contributed by atoms with Crippen LogP contribution in [-0.4, -0.2) is 19.9 Å². The summed E-state index contributed by atoms with van der Waals surface area (Å²) < 4.78 is 65.7. The monoisotopic (exact) mass is 930 g/mol. The third-order valence-corrected chi connectivity index (χ3v) is 9.60. The Kier molecular flexibility index (Phi) is 16.3. The summed E-state index contributed by atoms with van der Waals surface area (Å²) in [6, 6.07) is 29.8. The number of hydrogen-bond acceptors (Lipinski definition) is 3. The number of rotatable bonds is 15. The molecule has 3 atom stereocenters. The molecule has 0 N–H and O–H groups in total. The maximum Gasteiger partial charge on any atom is 0.431 e. The van der Waals surface area contributed by atoms with Gasteiger partial charge in [0.25, 0.3) is 0 Å². The molecule has 0 bridgehead atoms. The number of benzene rings is 3. The van der Waals surface area contributed by atoms with Crippen molar-refractivity contribution in [2.75, 3.05) is 0 Å². The summed E-state index contributed by atoms with van der Waals surface area (Å²) in [5.41, 5.74) is 4.12. The van der Waals surface area contributed by atoms with Gasteiger partial charge in [0.15, 0.2) is 0 Å². The molecule has 0 aliphatic carbocycles. The van der Waals surface area contributed by atoms with Crippen molar-refractivity contribution in [1.82, 2.24) is 25.0 Å². The molecule has 3 aromatic carbocycles. The van der Waals surface area contributed by atoms with Crippen molar-refractivity contribution in [1.29, 1.82) is 0 Å². The first-order valence-corrected chi connectivity index (χ1v) is 18.2. The van der Waals surface area contributed by atoms with E-state index in [1.807, 2.05) is 6.07 Å². The minimum Gasteiger partial charge on any atom is -0.573 e.